The van der Waals surface area contributed by atoms with Crippen LogP contribution < -0.4 is 5.73 Å². The fraction of sp³-hybridized carbons (Fsp3) is 0.556. The molecule has 4 nitrogen and oxygen atoms in total. The number of carbonyl (C=O) groups is 1. The summed E-state index contributed by atoms with van der Waals surface area (Å²) in [5.41, 5.74) is 6.91. The average Bonchev–Trinajstić information content (AvgIpc) is 2.33. The zero-order valence-corrected chi connectivity index (χ0v) is 9.14. The molecule has 0 aromatic carbocycles. The van der Waals surface area contributed by atoms with Gasteiger partial charge >= 0.3 is 0 Å². The molecule has 0 amide bonds. The number of hydrogen-bond acceptors (Lipinski definition) is 3. The lowest BCUT2D eigenvalue weighted by Crippen LogP contribution is -2.10. The molecule has 2 N–H and O–H groups in total. The Morgan fingerprint density at radius 3 is 2.71 bits per heavy atom. The van der Waals surface area contributed by atoms with Crippen molar-refractivity contribution >= 4 is 17.4 Å². The minimum atomic E-state index is 0.102. The third-order valence-corrected chi connectivity index (χ3v) is 2.54. The third kappa shape index (κ3) is 2.33. The summed E-state index contributed by atoms with van der Waals surface area (Å²) in [5, 5.41) is 4.66. The van der Waals surface area contributed by atoms with Gasteiger partial charge in [0.1, 0.15) is 10.9 Å². The molecule has 1 aromatic heterocycles. The molecule has 78 valence electrons. The number of nitrogens with zero attached hydrogens (tertiary/aromatic N) is 2. The number of Topliss-reactive ketones (excluding diaryl/α,β-unsaturated/α-hetero) is 1. The fourth-order valence-electron chi connectivity index (χ4n) is 1.32. The van der Waals surface area contributed by atoms with Crippen molar-refractivity contribution in [1.29, 1.82) is 0 Å². The second-order valence-electron chi connectivity index (χ2n) is 3.23. The highest BCUT2D eigenvalue weighted by Crippen LogP contribution is 2.19. The summed E-state index contributed by atoms with van der Waals surface area (Å²) in [4.78, 5) is 11.4. The van der Waals surface area contributed by atoms with Crippen molar-refractivity contribution in [2.24, 2.45) is 12.8 Å². The number of halogens is 1. The first-order chi connectivity index (χ1) is 6.56. The summed E-state index contributed by atoms with van der Waals surface area (Å²) in [6.07, 6.45) is 0.723. The Morgan fingerprint density at radius 2 is 2.29 bits per heavy atom. The van der Waals surface area contributed by atoms with E-state index in [1.54, 1.807) is 11.7 Å². The van der Waals surface area contributed by atoms with Gasteiger partial charge in [0.25, 0.3) is 0 Å². The van der Waals surface area contributed by atoms with E-state index in [1.807, 2.05) is 6.92 Å². The standard InChI is InChI=1S/C9H14ClN3O/c1-6-8(5-7(14)3-4-11)9(10)13(2)12-6/h3-5,11H2,1-2H3. The molecule has 0 spiro atoms. The maximum atomic E-state index is 11.4. The predicted octanol–water partition coefficient (Wildman–Crippen LogP) is 0.842. The number of ketones is 1. The van der Waals surface area contributed by atoms with E-state index in [9.17, 15) is 4.79 Å². The minimum Gasteiger partial charge on any atom is -0.330 e. The van der Waals surface area contributed by atoms with Crippen LogP contribution in [0.1, 0.15) is 17.7 Å². The van der Waals surface area contributed by atoms with Crippen molar-refractivity contribution in [2.45, 2.75) is 19.8 Å². The van der Waals surface area contributed by atoms with Gasteiger partial charge in [0, 0.05) is 25.5 Å². The molecule has 0 fully saturated rings. The van der Waals surface area contributed by atoms with Crippen LogP contribution in [-0.4, -0.2) is 22.1 Å². The van der Waals surface area contributed by atoms with Crippen molar-refractivity contribution in [3.8, 4) is 0 Å². The lowest BCUT2D eigenvalue weighted by atomic mass is 10.1. The number of rotatable bonds is 4. The van der Waals surface area contributed by atoms with Crippen LogP contribution in [0.3, 0.4) is 0 Å². The Kier molecular flexibility index (Phi) is 3.66. The van der Waals surface area contributed by atoms with E-state index >= 15 is 0 Å². The van der Waals surface area contributed by atoms with Crippen LogP contribution in [0.5, 0.6) is 0 Å². The molecule has 0 radical (unpaired) electrons. The summed E-state index contributed by atoms with van der Waals surface area (Å²) in [7, 11) is 1.76. The molecule has 0 atom stereocenters. The van der Waals surface area contributed by atoms with Crippen LogP contribution in [0, 0.1) is 6.92 Å². The Bertz CT molecular complexity index is 346. The predicted molar refractivity (Wildman–Crippen MR) is 55.3 cm³/mol. The monoisotopic (exact) mass is 215 g/mol. The molecule has 0 aliphatic carbocycles. The molecular formula is C9H14ClN3O. The van der Waals surface area contributed by atoms with E-state index in [-0.39, 0.29) is 5.78 Å². The summed E-state index contributed by atoms with van der Waals surface area (Å²) in [5.74, 6) is 0.102. The van der Waals surface area contributed by atoms with Gasteiger partial charge in [-0.15, -0.1) is 0 Å². The molecule has 0 aliphatic heterocycles. The summed E-state index contributed by atoms with van der Waals surface area (Å²) >= 11 is 5.98. The van der Waals surface area contributed by atoms with E-state index in [0.29, 0.717) is 24.5 Å². The summed E-state index contributed by atoms with van der Waals surface area (Å²) in [6, 6.07) is 0. The Hall–Kier alpha value is -0.870. The molecule has 0 bridgehead atoms. The third-order valence-electron chi connectivity index (χ3n) is 2.07. The topological polar surface area (TPSA) is 60.9 Å². The van der Waals surface area contributed by atoms with E-state index in [4.69, 9.17) is 17.3 Å². The van der Waals surface area contributed by atoms with E-state index in [0.717, 1.165) is 11.3 Å². The van der Waals surface area contributed by atoms with Crippen molar-refractivity contribution in [2.75, 3.05) is 6.54 Å². The maximum absolute atomic E-state index is 11.4. The van der Waals surface area contributed by atoms with Crippen LogP contribution in [0.4, 0.5) is 0 Å². The molecule has 0 aliphatic rings. The first kappa shape index (κ1) is 11.2. The Morgan fingerprint density at radius 1 is 1.64 bits per heavy atom. The fourth-order valence-corrected chi connectivity index (χ4v) is 1.56. The van der Waals surface area contributed by atoms with Gasteiger partial charge in [0.05, 0.1) is 5.69 Å². The van der Waals surface area contributed by atoms with Gasteiger partial charge in [-0.25, -0.2) is 0 Å². The second kappa shape index (κ2) is 4.57. The molecule has 14 heavy (non-hydrogen) atoms. The highest BCUT2D eigenvalue weighted by atomic mass is 35.5. The van der Waals surface area contributed by atoms with E-state index in [1.165, 1.54) is 0 Å². The quantitative estimate of drug-likeness (QED) is 0.810. The highest BCUT2D eigenvalue weighted by molar-refractivity contribution is 6.30. The summed E-state index contributed by atoms with van der Waals surface area (Å²) in [6.45, 7) is 2.23. The van der Waals surface area contributed by atoms with Crippen LogP contribution in [0.15, 0.2) is 0 Å². The molecule has 1 rings (SSSR count). The number of carbonyl (C=O) groups excluding carboxylic acids is 1. The van der Waals surface area contributed by atoms with Crippen molar-refractivity contribution in [3.05, 3.63) is 16.4 Å². The Labute approximate surface area is 88.0 Å². The smallest absolute Gasteiger partial charge is 0.138 e. The molecule has 0 saturated carbocycles. The lowest BCUT2D eigenvalue weighted by Gasteiger charge is -1.98. The van der Waals surface area contributed by atoms with Gasteiger partial charge in [0.15, 0.2) is 0 Å². The molecule has 5 heteroatoms. The van der Waals surface area contributed by atoms with Crippen molar-refractivity contribution in [1.82, 2.24) is 9.78 Å². The van der Waals surface area contributed by atoms with Crippen molar-refractivity contribution < 1.29 is 4.79 Å². The maximum Gasteiger partial charge on any atom is 0.138 e. The molecule has 1 aromatic rings. The first-order valence-electron chi connectivity index (χ1n) is 4.46. The van der Waals surface area contributed by atoms with Crippen LogP contribution >= 0.6 is 11.6 Å². The van der Waals surface area contributed by atoms with Crippen LogP contribution in [0.25, 0.3) is 0 Å². The average molecular weight is 216 g/mol. The van der Waals surface area contributed by atoms with Gasteiger partial charge in [0.2, 0.25) is 0 Å². The van der Waals surface area contributed by atoms with Gasteiger partial charge in [-0.3, -0.25) is 9.48 Å². The molecule has 0 unspecified atom stereocenters. The van der Waals surface area contributed by atoms with Crippen LogP contribution in [0.2, 0.25) is 5.15 Å². The molecular weight excluding hydrogens is 202 g/mol. The summed E-state index contributed by atoms with van der Waals surface area (Å²) < 4.78 is 1.57. The molecule has 1 heterocycles. The van der Waals surface area contributed by atoms with Gasteiger partial charge in [-0.05, 0) is 13.5 Å². The van der Waals surface area contributed by atoms with Crippen LogP contribution in [-0.2, 0) is 18.3 Å². The van der Waals surface area contributed by atoms with Gasteiger partial charge in [-0.1, -0.05) is 11.6 Å². The largest absolute Gasteiger partial charge is 0.330 e. The zero-order valence-electron chi connectivity index (χ0n) is 8.38. The van der Waals surface area contributed by atoms with E-state index < -0.39 is 0 Å². The normalized spacial score (nSPS) is 10.6. The number of aryl methyl sites for hydroxylation is 2. The van der Waals surface area contributed by atoms with E-state index in [2.05, 4.69) is 5.10 Å². The lowest BCUT2D eigenvalue weighted by molar-refractivity contribution is -0.118. The molecule has 0 saturated heterocycles. The number of hydrogen-bond donors (Lipinski definition) is 1. The van der Waals surface area contributed by atoms with Crippen molar-refractivity contribution in [3.63, 3.8) is 0 Å². The highest BCUT2D eigenvalue weighted by Gasteiger charge is 2.14. The Balaban J connectivity index is 2.81. The minimum absolute atomic E-state index is 0.102. The number of nitrogens with two attached hydrogens (primary N) is 1. The second-order valence-corrected chi connectivity index (χ2v) is 3.59. The number of aromatic nitrogens is 2. The SMILES string of the molecule is Cc1nn(C)c(Cl)c1CC(=O)CCN. The first-order valence-corrected chi connectivity index (χ1v) is 4.83. The zero-order chi connectivity index (χ0) is 10.7. The van der Waals surface area contributed by atoms with Gasteiger partial charge in [-0.2, -0.15) is 5.10 Å². The van der Waals surface area contributed by atoms with Gasteiger partial charge < -0.3 is 5.73 Å².